The Hall–Kier alpha value is -0.440. The van der Waals surface area contributed by atoms with Crippen molar-refractivity contribution < 1.29 is 33.8 Å². The van der Waals surface area contributed by atoms with Gasteiger partial charge in [-0.2, -0.15) is 0 Å². The Morgan fingerprint density at radius 3 is 2.00 bits per heavy atom. The average molecular weight is 455 g/mol. The van der Waals surface area contributed by atoms with Gasteiger partial charge in [0.15, 0.2) is 0 Å². The molecule has 0 saturated carbocycles. The van der Waals surface area contributed by atoms with Crippen molar-refractivity contribution in [2.24, 2.45) is 0 Å². The van der Waals surface area contributed by atoms with Crippen LogP contribution < -0.4 is 0 Å². The number of ether oxygens (including phenoxy) is 2. The van der Waals surface area contributed by atoms with Crippen LogP contribution in [0.15, 0.2) is 37.1 Å². The van der Waals surface area contributed by atoms with Gasteiger partial charge < -0.3 is 33.8 Å². The molecule has 0 aromatic heterocycles. The van der Waals surface area contributed by atoms with Crippen molar-refractivity contribution in [2.75, 3.05) is 19.0 Å². The zero-order chi connectivity index (χ0) is 22.8. The van der Waals surface area contributed by atoms with Gasteiger partial charge in [0.25, 0.3) is 0 Å². The summed E-state index contributed by atoms with van der Waals surface area (Å²) < 4.78 is 22.1. The van der Waals surface area contributed by atoms with Crippen molar-refractivity contribution in [3.63, 3.8) is 0 Å². The molecule has 0 aliphatic carbocycles. The molecule has 0 aromatic carbocycles. The van der Waals surface area contributed by atoms with Crippen molar-refractivity contribution >= 4 is 19.0 Å². The molecular weight excluding hydrogens is 415 g/mol. The molecule has 5 atom stereocenters. The molecule has 1 heterocycles. The summed E-state index contributed by atoms with van der Waals surface area (Å²) >= 11 is 1.36. The molecule has 9 heteroatoms. The first-order valence-corrected chi connectivity index (χ1v) is 12.8. The summed E-state index contributed by atoms with van der Waals surface area (Å²) in [6.07, 6.45) is -1.46. The summed E-state index contributed by atoms with van der Waals surface area (Å²) in [5.74, 6) is 0.644. The van der Waals surface area contributed by atoms with Crippen LogP contribution in [-0.2, 0) is 18.5 Å². The van der Waals surface area contributed by atoms with E-state index in [-0.39, 0.29) is 0 Å². The molecule has 1 rings (SSSR count). The lowest BCUT2D eigenvalue weighted by Gasteiger charge is -2.40. The molecule has 0 spiro atoms. The van der Waals surface area contributed by atoms with Crippen molar-refractivity contribution in [3.8, 4) is 0 Å². The Kier molecular flexibility index (Phi) is 20.7. The summed E-state index contributed by atoms with van der Waals surface area (Å²) in [4.78, 5) is 0. The maximum Gasteiger partial charge on any atom is 0.238 e. The topological polar surface area (TPSA) is 97.6 Å². The molecule has 0 bridgehead atoms. The largest absolute Gasteiger partial charge is 0.462 e. The van der Waals surface area contributed by atoms with Crippen LogP contribution in [0.4, 0.5) is 0 Å². The normalized spacial score (nSPS) is 26.6. The van der Waals surface area contributed by atoms with Crippen LogP contribution >= 0.6 is 19.0 Å². The van der Waals surface area contributed by atoms with E-state index in [2.05, 4.69) is 13.2 Å². The van der Waals surface area contributed by atoms with E-state index in [4.69, 9.17) is 18.5 Å². The van der Waals surface area contributed by atoms with Gasteiger partial charge in [-0.25, -0.2) is 0 Å². The fourth-order valence-corrected chi connectivity index (χ4v) is 5.09. The first kappa shape index (κ1) is 30.8. The predicted molar refractivity (Wildman–Crippen MR) is 122 cm³/mol. The zero-order valence-electron chi connectivity index (χ0n) is 18.5. The fraction of sp³-hybridized carbons (Fsp3) is 0.700. The van der Waals surface area contributed by atoms with E-state index in [1.165, 1.54) is 23.5 Å². The zero-order valence-corrected chi connectivity index (χ0v) is 20.2. The van der Waals surface area contributed by atoms with Gasteiger partial charge in [-0.3, -0.25) is 0 Å². The Morgan fingerprint density at radius 1 is 1.00 bits per heavy atom. The molecule has 172 valence electrons. The molecule has 1 aliphatic rings. The van der Waals surface area contributed by atoms with E-state index in [9.17, 15) is 15.3 Å². The smallest absolute Gasteiger partial charge is 0.238 e. The van der Waals surface area contributed by atoms with Gasteiger partial charge in [0.1, 0.15) is 24.1 Å². The number of hydrogen-bond acceptors (Lipinski definition) is 8. The van der Waals surface area contributed by atoms with Gasteiger partial charge in [0.2, 0.25) is 13.9 Å². The monoisotopic (exact) mass is 454 g/mol. The minimum atomic E-state index is -1.40. The lowest BCUT2D eigenvalue weighted by molar-refractivity contribution is -0.280. The molecule has 0 radical (unpaired) electrons. The summed E-state index contributed by atoms with van der Waals surface area (Å²) in [7, 11) is -1.17. The molecule has 3 N–H and O–H groups in total. The summed E-state index contributed by atoms with van der Waals surface area (Å²) in [6.45, 7) is 19.9. The highest BCUT2D eigenvalue weighted by Crippen LogP contribution is 2.52. The summed E-state index contributed by atoms with van der Waals surface area (Å²) in [5.41, 5.74) is 0. The van der Waals surface area contributed by atoms with Crippen LogP contribution in [0.1, 0.15) is 41.5 Å². The Morgan fingerprint density at radius 2 is 1.55 bits per heavy atom. The maximum absolute atomic E-state index is 10.2. The highest BCUT2D eigenvalue weighted by atomic mass is 32.7. The van der Waals surface area contributed by atoms with Crippen molar-refractivity contribution in [1.29, 1.82) is 0 Å². The number of aliphatic hydroxyl groups is 3. The van der Waals surface area contributed by atoms with Crippen LogP contribution in [0, 0.1) is 0 Å². The number of allylic oxidation sites excluding steroid dienone is 3. The summed E-state index contributed by atoms with van der Waals surface area (Å²) in [6, 6.07) is 0. The van der Waals surface area contributed by atoms with E-state index >= 15 is 0 Å². The van der Waals surface area contributed by atoms with Gasteiger partial charge >= 0.3 is 0 Å². The molecule has 1 saturated heterocycles. The molecule has 0 aromatic rings. The second-order valence-corrected chi connectivity index (χ2v) is 8.22. The van der Waals surface area contributed by atoms with Gasteiger partial charge in [-0.15, -0.1) is 0 Å². The first-order chi connectivity index (χ1) is 14.0. The highest BCUT2D eigenvalue weighted by Gasteiger charge is 2.45. The van der Waals surface area contributed by atoms with E-state index in [0.717, 1.165) is 0 Å². The quantitative estimate of drug-likeness (QED) is 0.243. The van der Waals surface area contributed by atoms with Gasteiger partial charge in [0, 0.05) is 5.75 Å². The lowest BCUT2D eigenvalue weighted by atomic mass is 10.00. The number of rotatable bonds is 11. The van der Waals surface area contributed by atoms with E-state index in [0.29, 0.717) is 24.7 Å². The minimum absolute atomic E-state index is 0.311. The number of aliphatic hydroxyl groups excluding tert-OH is 3. The van der Waals surface area contributed by atoms with Crippen molar-refractivity contribution in [2.45, 2.75) is 72.2 Å². The lowest BCUT2D eigenvalue weighted by Crippen LogP contribution is -2.58. The molecule has 29 heavy (non-hydrogen) atoms. The fourth-order valence-electron chi connectivity index (χ4n) is 2.01. The molecule has 3 unspecified atom stereocenters. The Labute approximate surface area is 181 Å². The van der Waals surface area contributed by atoms with Crippen LogP contribution in [0.3, 0.4) is 0 Å². The minimum Gasteiger partial charge on any atom is -0.462 e. The van der Waals surface area contributed by atoms with Gasteiger partial charge in [-0.05, 0) is 26.0 Å². The van der Waals surface area contributed by atoms with E-state index in [1.807, 2.05) is 41.5 Å². The Balaban J connectivity index is 0. The van der Waals surface area contributed by atoms with E-state index in [1.54, 1.807) is 6.08 Å². The van der Waals surface area contributed by atoms with Crippen molar-refractivity contribution in [1.82, 2.24) is 0 Å². The molecule has 1 aliphatic heterocycles. The third kappa shape index (κ3) is 11.5. The molecule has 7 nitrogen and oxygen atoms in total. The number of hydrogen-bond donors (Lipinski definition) is 3. The van der Waals surface area contributed by atoms with Crippen LogP contribution in [0.2, 0.25) is 0 Å². The standard InChI is InChI=1S/C16H27O7PS.2C2H6/c1-5-9-11(6-2)22-16-15(19)14(18)13(17)12(23-16)10-25-24(20-7-3)21-8-4;2*1-2/h5-6,9,12-19H,1-2,7-8,10H2,3-4H3;2*1-2H3/b11-9+;;/t12?,13-,14?,15?,16+;;/m1../s1. The molecular formula is C20H39O7PS. The third-order valence-corrected chi connectivity index (χ3v) is 6.56. The van der Waals surface area contributed by atoms with Crippen LogP contribution in [0.5, 0.6) is 0 Å². The average Bonchev–Trinajstić information content (AvgIpc) is 2.75. The molecule has 0 amide bonds. The second kappa shape index (κ2) is 19.5. The van der Waals surface area contributed by atoms with Crippen molar-refractivity contribution in [3.05, 3.63) is 37.1 Å². The first-order valence-electron chi connectivity index (χ1n) is 9.98. The van der Waals surface area contributed by atoms with Gasteiger partial charge in [-0.1, -0.05) is 58.3 Å². The highest BCUT2D eigenvalue weighted by molar-refractivity contribution is 8.52. The van der Waals surface area contributed by atoms with E-state index < -0.39 is 38.3 Å². The third-order valence-electron chi connectivity index (χ3n) is 3.22. The Bertz CT molecular complexity index is 445. The predicted octanol–water partition coefficient (Wildman–Crippen LogP) is 4.15. The maximum atomic E-state index is 10.2. The SMILES string of the molecule is C=C/C=C(\C=C)O[C@H]1OC(CSP(OCC)OCC)[C@@H](O)C(O)C1O.CC.CC. The second-order valence-electron chi connectivity index (χ2n) is 5.00. The molecule has 1 fully saturated rings. The summed E-state index contributed by atoms with van der Waals surface area (Å²) in [5, 5.41) is 30.3. The van der Waals surface area contributed by atoms with Gasteiger partial charge in [0.05, 0.1) is 19.3 Å². The van der Waals surface area contributed by atoms with Crippen LogP contribution in [-0.4, -0.2) is 65.0 Å². The van der Waals surface area contributed by atoms with Crippen LogP contribution in [0.25, 0.3) is 0 Å².